The van der Waals surface area contributed by atoms with Crippen molar-refractivity contribution in [2.45, 2.75) is 65.6 Å². The normalized spacial score (nSPS) is 12.8. The van der Waals surface area contributed by atoms with E-state index in [1.807, 2.05) is 68.4 Å². The molecule has 0 aliphatic heterocycles. The van der Waals surface area contributed by atoms with Crippen LogP contribution in [-0.2, 0) is 19.1 Å². The number of primary amides is 1. The monoisotopic (exact) mass is 546 g/mol. The maximum atomic E-state index is 14.0. The van der Waals surface area contributed by atoms with Crippen LogP contribution in [0.25, 0.3) is 10.8 Å². The van der Waals surface area contributed by atoms with E-state index in [0.717, 1.165) is 21.9 Å². The molecular formula is C31H38N4O5. The van der Waals surface area contributed by atoms with Gasteiger partial charge in [0.1, 0.15) is 17.7 Å². The quantitative estimate of drug-likeness (QED) is 0.356. The zero-order valence-corrected chi connectivity index (χ0v) is 23.9. The Bertz CT molecular complexity index is 1410. The van der Waals surface area contributed by atoms with E-state index in [1.54, 1.807) is 33.8 Å². The summed E-state index contributed by atoms with van der Waals surface area (Å²) in [5.41, 5.74) is 7.53. The summed E-state index contributed by atoms with van der Waals surface area (Å²) in [6.07, 6.45) is -1.33. The lowest BCUT2D eigenvalue weighted by Gasteiger charge is -2.34. The van der Waals surface area contributed by atoms with Crippen LogP contribution in [0.3, 0.4) is 0 Å². The summed E-state index contributed by atoms with van der Waals surface area (Å²) in [5, 5.41) is 7.42. The van der Waals surface area contributed by atoms with Crippen molar-refractivity contribution in [2.24, 2.45) is 5.73 Å². The summed E-state index contributed by atoms with van der Waals surface area (Å²) in [6.45, 7) is 10.7. The number of hydrogen-bond acceptors (Lipinski definition) is 5. The largest absolute Gasteiger partial charge is 0.444 e. The Kier molecular flexibility index (Phi) is 9.52. The average molecular weight is 547 g/mol. The van der Waals surface area contributed by atoms with E-state index >= 15 is 0 Å². The van der Waals surface area contributed by atoms with Crippen LogP contribution in [0.4, 0.5) is 10.5 Å². The van der Waals surface area contributed by atoms with Gasteiger partial charge < -0.3 is 26.0 Å². The van der Waals surface area contributed by atoms with E-state index in [0.29, 0.717) is 11.3 Å². The van der Waals surface area contributed by atoms with Crippen molar-refractivity contribution in [3.05, 3.63) is 77.4 Å². The lowest BCUT2D eigenvalue weighted by molar-refractivity contribution is -0.141. The molecule has 9 heteroatoms. The Labute approximate surface area is 235 Å². The summed E-state index contributed by atoms with van der Waals surface area (Å²) in [4.78, 5) is 53.7. The molecule has 0 aliphatic rings. The standard InChI is InChI=1S/C31H38N4O5/c1-7-35(29(38)25(18-26(32)36)34-30(39)40-31(4,5)6)27(24-16-19(2)12-13-20(24)3)28(37)33-23-15-14-21-10-8-9-11-22(21)17-23/h8-17,25,27H,7,18H2,1-6H3,(H2,32,36)(H,33,37)(H,34,39). The second kappa shape index (κ2) is 12.6. The fraction of sp³-hybridized carbons (Fsp3) is 0.355. The third kappa shape index (κ3) is 7.81. The summed E-state index contributed by atoms with van der Waals surface area (Å²) in [7, 11) is 0. The molecule has 3 aromatic carbocycles. The predicted molar refractivity (Wildman–Crippen MR) is 156 cm³/mol. The number of aryl methyl sites for hydroxylation is 2. The number of nitrogens with two attached hydrogens (primary N) is 1. The molecule has 0 heterocycles. The van der Waals surface area contributed by atoms with Crippen molar-refractivity contribution >= 4 is 40.3 Å². The lowest BCUT2D eigenvalue weighted by atomic mass is 9.96. The van der Waals surface area contributed by atoms with Gasteiger partial charge in [-0.15, -0.1) is 0 Å². The number of carbonyl (C=O) groups is 4. The number of rotatable bonds is 9. The van der Waals surface area contributed by atoms with Crippen molar-refractivity contribution < 1.29 is 23.9 Å². The Hall–Kier alpha value is -4.40. The van der Waals surface area contributed by atoms with Crippen LogP contribution < -0.4 is 16.4 Å². The van der Waals surface area contributed by atoms with Gasteiger partial charge in [-0.3, -0.25) is 14.4 Å². The van der Waals surface area contributed by atoms with Crippen LogP contribution >= 0.6 is 0 Å². The van der Waals surface area contributed by atoms with Crippen molar-refractivity contribution in [3.8, 4) is 0 Å². The molecule has 0 bridgehead atoms. The van der Waals surface area contributed by atoms with E-state index in [-0.39, 0.29) is 6.54 Å². The highest BCUT2D eigenvalue weighted by Gasteiger charge is 2.37. The number of carbonyl (C=O) groups excluding carboxylic acids is 4. The molecule has 0 spiro atoms. The zero-order valence-electron chi connectivity index (χ0n) is 23.9. The van der Waals surface area contributed by atoms with E-state index in [4.69, 9.17) is 10.5 Å². The van der Waals surface area contributed by atoms with Crippen molar-refractivity contribution in [3.63, 3.8) is 0 Å². The molecule has 4 N–H and O–H groups in total. The van der Waals surface area contributed by atoms with Gasteiger partial charge in [-0.1, -0.05) is 54.1 Å². The minimum absolute atomic E-state index is 0.118. The van der Waals surface area contributed by atoms with Gasteiger partial charge >= 0.3 is 6.09 Å². The summed E-state index contributed by atoms with van der Waals surface area (Å²) in [5.74, 6) is -1.85. The molecule has 3 rings (SSSR count). The Morgan fingerprint density at radius 2 is 1.62 bits per heavy atom. The summed E-state index contributed by atoms with van der Waals surface area (Å²) < 4.78 is 5.30. The number of hydrogen-bond donors (Lipinski definition) is 3. The molecule has 4 amide bonds. The third-order valence-corrected chi connectivity index (χ3v) is 6.32. The highest BCUT2D eigenvalue weighted by molar-refractivity contribution is 6.01. The maximum Gasteiger partial charge on any atom is 0.408 e. The molecule has 2 unspecified atom stereocenters. The number of nitrogens with zero attached hydrogens (tertiary/aromatic N) is 1. The third-order valence-electron chi connectivity index (χ3n) is 6.32. The molecule has 3 aromatic rings. The molecule has 40 heavy (non-hydrogen) atoms. The molecule has 212 valence electrons. The second-order valence-corrected chi connectivity index (χ2v) is 10.8. The topological polar surface area (TPSA) is 131 Å². The van der Waals surface area contributed by atoms with Crippen LogP contribution in [0.2, 0.25) is 0 Å². The number of ether oxygens (including phenoxy) is 1. The van der Waals surface area contributed by atoms with Gasteiger partial charge in [-0.05, 0) is 75.6 Å². The number of alkyl carbamates (subject to hydrolysis) is 1. The number of amides is 4. The maximum absolute atomic E-state index is 14.0. The average Bonchev–Trinajstić information content (AvgIpc) is 2.86. The van der Waals surface area contributed by atoms with Crippen LogP contribution in [0, 0.1) is 13.8 Å². The highest BCUT2D eigenvalue weighted by atomic mass is 16.6. The summed E-state index contributed by atoms with van der Waals surface area (Å²) >= 11 is 0. The first-order valence-corrected chi connectivity index (χ1v) is 13.2. The Morgan fingerprint density at radius 3 is 2.25 bits per heavy atom. The van der Waals surface area contributed by atoms with Gasteiger partial charge in [0.25, 0.3) is 5.91 Å². The van der Waals surface area contributed by atoms with Crippen LogP contribution in [-0.4, -0.2) is 46.9 Å². The molecular weight excluding hydrogens is 508 g/mol. The van der Waals surface area contributed by atoms with Crippen LogP contribution in [0.1, 0.15) is 56.8 Å². The van der Waals surface area contributed by atoms with Gasteiger partial charge in [-0.25, -0.2) is 4.79 Å². The first-order valence-electron chi connectivity index (χ1n) is 13.2. The van der Waals surface area contributed by atoms with E-state index in [9.17, 15) is 19.2 Å². The van der Waals surface area contributed by atoms with Gasteiger partial charge in [0.2, 0.25) is 11.8 Å². The Morgan fingerprint density at radius 1 is 0.950 bits per heavy atom. The van der Waals surface area contributed by atoms with Crippen molar-refractivity contribution in [2.75, 3.05) is 11.9 Å². The molecule has 0 fully saturated rings. The predicted octanol–water partition coefficient (Wildman–Crippen LogP) is 4.75. The van der Waals surface area contributed by atoms with Crippen molar-refractivity contribution in [1.29, 1.82) is 0 Å². The van der Waals surface area contributed by atoms with Gasteiger partial charge in [0.05, 0.1) is 6.42 Å². The SMILES string of the molecule is CCN(C(=O)C(CC(N)=O)NC(=O)OC(C)(C)C)C(C(=O)Nc1ccc2ccccc2c1)c1cc(C)ccc1C. The number of benzene rings is 3. The smallest absolute Gasteiger partial charge is 0.408 e. The van der Waals surface area contributed by atoms with Crippen LogP contribution in [0.5, 0.6) is 0 Å². The van der Waals surface area contributed by atoms with Gasteiger partial charge in [0, 0.05) is 12.2 Å². The van der Waals surface area contributed by atoms with Crippen LogP contribution in [0.15, 0.2) is 60.7 Å². The molecule has 0 saturated heterocycles. The number of anilines is 1. The molecule has 0 saturated carbocycles. The minimum Gasteiger partial charge on any atom is -0.444 e. The Balaban J connectivity index is 2.02. The summed E-state index contributed by atoms with van der Waals surface area (Å²) in [6, 6.07) is 16.7. The molecule has 0 aromatic heterocycles. The fourth-order valence-corrected chi connectivity index (χ4v) is 4.50. The van der Waals surface area contributed by atoms with Gasteiger partial charge in [0.15, 0.2) is 0 Å². The lowest BCUT2D eigenvalue weighted by Crippen LogP contribution is -2.53. The van der Waals surface area contributed by atoms with Crippen molar-refractivity contribution in [1.82, 2.24) is 10.2 Å². The first kappa shape index (κ1) is 30.1. The molecule has 0 radical (unpaired) electrons. The zero-order chi connectivity index (χ0) is 29.6. The molecule has 0 aliphatic carbocycles. The molecule has 9 nitrogen and oxygen atoms in total. The first-order chi connectivity index (χ1) is 18.8. The minimum atomic E-state index is -1.33. The number of fused-ring (bicyclic) bond motifs is 1. The van der Waals surface area contributed by atoms with E-state index < -0.39 is 47.9 Å². The molecule has 2 atom stereocenters. The number of nitrogens with one attached hydrogen (secondary N) is 2. The van der Waals surface area contributed by atoms with Gasteiger partial charge in [-0.2, -0.15) is 0 Å². The van der Waals surface area contributed by atoms with E-state index in [1.165, 1.54) is 4.90 Å². The number of likely N-dealkylation sites (N-methyl/N-ethyl adjacent to an activating group) is 1. The highest BCUT2D eigenvalue weighted by Crippen LogP contribution is 2.29. The van der Waals surface area contributed by atoms with E-state index in [2.05, 4.69) is 10.6 Å². The second-order valence-electron chi connectivity index (χ2n) is 10.8. The fourth-order valence-electron chi connectivity index (χ4n) is 4.50.